The molecule has 0 aliphatic carbocycles. The highest BCUT2D eigenvalue weighted by molar-refractivity contribution is 7.90. The van der Waals surface area contributed by atoms with Crippen molar-refractivity contribution in [3.8, 4) is 17.2 Å². The minimum atomic E-state index is -3.35. The van der Waals surface area contributed by atoms with E-state index in [0.717, 1.165) is 11.8 Å². The average Bonchev–Trinajstić information content (AvgIpc) is 3.35. The van der Waals surface area contributed by atoms with Gasteiger partial charge in [0.1, 0.15) is 29.5 Å². The second kappa shape index (κ2) is 11.7. The molecule has 0 saturated carbocycles. The van der Waals surface area contributed by atoms with Crippen LogP contribution in [-0.4, -0.2) is 44.0 Å². The van der Waals surface area contributed by atoms with Crippen LogP contribution in [0.4, 0.5) is 0 Å². The summed E-state index contributed by atoms with van der Waals surface area (Å²) in [6, 6.07) is 20.3. The molecular formula is C27H25N3O8S. The highest BCUT2D eigenvalue weighted by Crippen LogP contribution is 2.34. The number of carbonyl (C=O) groups excluding carboxylic acids is 3. The number of hydrogen-bond acceptors (Lipinski definition) is 8. The molecule has 0 fully saturated rings. The summed E-state index contributed by atoms with van der Waals surface area (Å²) in [5.41, 5.74) is 5.64. The number of aromatic nitrogens is 1. The summed E-state index contributed by atoms with van der Waals surface area (Å²) in [6.45, 7) is 1.80. The summed E-state index contributed by atoms with van der Waals surface area (Å²) in [7, 11) is -3.35. The molecule has 4 rings (SSSR count). The number of H-pyrrole nitrogens is 1. The second-order valence-corrected chi connectivity index (χ2v) is 10.3. The fourth-order valence-electron chi connectivity index (χ4n) is 3.53. The van der Waals surface area contributed by atoms with E-state index < -0.39 is 27.6 Å². The third-order valence-corrected chi connectivity index (χ3v) is 6.51. The van der Waals surface area contributed by atoms with Crippen molar-refractivity contribution in [3.05, 3.63) is 84.1 Å². The molecule has 202 valence electrons. The first kappa shape index (κ1) is 27.2. The van der Waals surface area contributed by atoms with E-state index in [0.29, 0.717) is 28.2 Å². The molecule has 2 amide bonds. The minimum Gasteiger partial charge on any atom is -0.487 e. The van der Waals surface area contributed by atoms with Gasteiger partial charge in [0, 0.05) is 17.7 Å². The number of benzene rings is 3. The Labute approximate surface area is 224 Å². The molecule has 11 nitrogen and oxygen atoms in total. The van der Waals surface area contributed by atoms with E-state index in [9.17, 15) is 22.8 Å². The zero-order valence-corrected chi connectivity index (χ0v) is 21.8. The molecule has 0 spiro atoms. The van der Waals surface area contributed by atoms with Gasteiger partial charge in [-0.25, -0.2) is 13.2 Å². The maximum atomic E-state index is 12.6. The van der Waals surface area contributed by atoms with Gasteiger partial charge in [0.25, 0.3) is 5.91 Å². The highest BCUT2D eigenvalue weighted by atomic mass is 32.2. The van der Waals surface area contributed by atoms with Gasteiger partial charge in [-0.05, 0) is 48.9 Å². The van der Waals surface area contributed by atoms with Crippen molar-refractivity contribution in [1.82, 2.24) is 15.8 Å². The van der Waals surface area contributed by atoms with Crippen LogP contribution in [0.25, 0.3) is 10.9 Å². The first-order chi connectivity index (χ1) is 18.6. The van der Waals surface area contributed by atoms with Crippen molar-refractivity contribution in [2.75, 3.05) is 12.9 Å². The Balaban J connectivity index is 1.60. The van der Waals surface area contributed by atoms with Crippen molar-refractivity contribution in [2.45, 2.75) is 18.4 Å². The molecule has 0 radical (unpaired) electrons. The fourth-order valence-corrected chi connectivity index (χ4v) is 4.16. The van der Waals surface area contributed by atoms with Crippen LogP contribution < -0.4 is 20.3 Å². The Bertz CT molecular complexity index is 1610. The monoisotopic (exact) mass is 551 g/mol. The standard InChI is InChI=1S/C27H25N3O8S/c1-3-36-27(33)26(32)30-29-25(31)22-14-18-13-20(38-19-9-11-21(12-10-19)39(2,34)35)15-23(24(18)28-22)37-16-17-7-5-4-6-8-17/h4-15,28H,3,16H2,1-2H3,(H,29,31)(H,30,32). The Morgan fingerprint density at radius 1 is 0.897 bits per heavy atom. The third-order valence-electron chi connectivity index (χ3n) is 5.39. The van der Waals surface area contributed by atoms with E-state index in [1.165, 1.54) is 30.3 Å². The predicted molar refractivity (Wildman–Crippen MR) is 141 cm³/mol. The number of hydrogen-bond donors (Lipinski definition) is 3. The van der Waals surface area contributed by atoms with E-state index in [4.69, 9.17) is 9.47 Å². The van der Waals surface area contributed by atoms with E-state index in [1.807, 2.05) is 35.8 Å². The second-order valence-electron chi connectivity index (χ2n) is 8.32. The average molecular weight is 552 g/mol. The molecule has 0 saturated heterocycles. The number of esters is 1. The van der Waals surface area contributed by atoms with Crippen LogP contribution in [0.5, 0.6) is 17.2 Å². The van der Waals surface area contributed by atoms with Crippen LogP contribution in [0.1, 0.15) is 23.0 Å². The van der Waals surface area contributed by atoms with Crippen molar-refractivity contribution in [1.29, 1.82) is 0 Å². The van der Waals surface area contributed by atoms with E-state index in [1.54, 1.807) is 19.1 Å². The topological polar surface area (TPSA) is 153 Å². The van der Waals surface area contributed by atoms with Gasteiger partial charge < -0.3 is 19.2 Å². The number of hydrazine groups is 1. The van der Waals surface area contributed by atoms with Gasteiger partial charge in [0.2, 0.25) is 0 Å². The molecule has 12 heteroatoms. The Kier molecular flexibility index (Phi) is 8.15. The summed E-state index contributed by atoms with van der Waals surface area (Å²) in [5, 5.41) is 0.560. The maximum absolute atomic E-state index is 12.6. The molecule has 3 aromatic carbocycles. The van der Waals surface area contributed by atoms with Crippen molar-refractivity contribution in [2.24, 2.45) is 0 Å². The smallest absolute Gasteiger partial charge is 0.398 e. The van der Waals surface area contributed by atoms with Gasteiger partial charge in [-0.1, -0.05) is 30.3 Å². The van der Waals surface area contributed by atoms with Crippen LogP contribution in [0.15, 0.2) is 77.7 Å². The number of nitrogens with one attached hydrogen (secondary N) is 3. The molecule has 0 aliphatic rings. The number of rotatable bonds is 8. The minimum absolute atomic E-state index is 0.0141. The highest BCUT2D eigenvalue weighted by Gasteiger charge is 2.18. The number of carbonyl (C=O) groups is 3. The molecule has 0 bridgehead atoms. The first-order valence-electron chi connectivity index (χ1n) is 11.7. The first-order valence-corrected chi connectivity index (χ1v) is 13.6. The van der Waals surface area contributed by atoms with Gasteiger partial charge in [0.05, 0.1) is 17.0 Å². The Morgan fingerprint density at radius 3 is 2.28 bits per heavy atom. The lowest BCUT2D eigenvalue weighted by Gasteiger charge is -2.11. The molecule has 1 heterocycles. The zero-order chi connectivity index (χ0) is 28.0. The van der Waals surface area contributed by atoms with Gasteiger partial charge in [-0.15, -0.1) is 0 Å². The largest absolute Gasteiger partial charge is 0.487 e. The van der Waals surface area contributed by atoms with Crippen LogP contribution in [0.2, 0.25) is 0 Å². The zero-order valence-electron chi connectivity index (χ0n) is 21.0. The van der Waals surface area contributed by atoms with Gasteiger partial charge in [-0.2, -0.15) is 0 Å². The molecule has 0 aliphatic heterocycles. The summed E-state index contributed by atoms with van der Waals surface area (Å²) < 4.78 is 40.1. The molecular weight excluding hydrogens is 526 g/mol. The summed E-state index contributed by atoms with van der Waals surface area (Å²) in [5.74, 6) is -1.81. The maximum Gasteiger partial charge on any atom is 0.398 e. The predicted octanol–water partition coefficient (Wildman–Crippen LogP) is 3.27. The SMILES string of the molecule is CCOC(=O)C(=O)NNC(=O)c1cc2cc(Oc3ccc(S(C)(=O)=O)cc3)cc(OCc3ccccc3)c2[nH]1. The summed E-state index contributed by atoms with van der Waals surface area (Å²) in [4.78, 5) is 39.0. The fraction of sp³-hybridized carbons (Fsp3) is 0.148. The lowest BCUT2D eigenvalue weighted by molar-refractivity contribution is -0.154. The number of sulfone groups is 1. The molecule has 0 atom stereocenters. The lowest BCUT2D eigenvalue weighted by Crippen LogP contribution is -2.45. The summed E-state index contributed by atoms with van der Waals surface area (Å²) >= 11 is 0. The van der Waals surface area contributed by atoms with Crippen LogP contribution >= 0.6 is 0 Å². The van der Waals surface area contributed by atoms with E-state index in [-0.39, 0.29) is 23.8 Å². The number of amides is 2. The Hall–Kier alpha value is -4.84. The van der Waals surface area contributed by atoms with E-state index >= 15 is 0 Å². The molecule has 3 N–H and O–H groups in total. The number of ether oxygens (including phenoxy) is 3. The molecule has 4 aromatic rings. The third kappa shape index (κ3) is 6.93. The van der Waals surface area contributed by atoms with Gasteiger partial charge >= 0.3 is 11.9 Å². The van der Waals surface area contributed by atoms with Crippen molar-refractivity contribution in [3.63, 3.8) is 0 Å². The Morgan fingerprint density at radius 2 is 1.62 bits per heavy atom. The number of aromatic amines is 1. The normalized spacial score (nSPS) is 11.0. The van der Waals surface area contributed by atoms with Crippen molar-refractivity contribution < 1.29 is 37.0 Å². The quantitative estimate of drug-likeness (QED) is 0.171. The van der Waals surface area contributed by atoms with Gasteiger partial charge in [0.15, 0.2) is 9.84 Å². The van der Waals surface area contributed by atoms with Crippen LogP contribution in [0, 0.1) is 0 Å². The molecule has 1 aromatic heterocycles. The van der Waals surface area contributed by atoms with Crippen LogP contribution in [-0.2, 0) is 30.8 Å². The van der Waals surface area contributed by atoms with E-state index in [2.05, 4.69) is 15.1 Å². The summed E-state index contributed by atoms with van der Waals surface area (Å²) in [6.07, 6.45) is 1.12. The van der Waals surface area contributed by atoms with Crippen molar-refractivity contribution >= 4 is 38.5 Å². The molecule has 39 heavy (non-hydrogen) atoms. The molecule has 0 unspecified atom stereocenters. The lowest BCUT2D eigenvalue weighted by atomic mass is 10.2. The van der Waals surface area contributed by atoms with Crippen LogP contribution in [0.3, 0.4) is 0 Å². The van der Waals surface area contributed by atoms with Gasteiger partial charge in [-0.3, -0.25) is 20.4 Å². The number of fused-ring (bicyclic) bond motifs is 1.